The van der Waals surface area contributed by atoms with E-state index < -0.39 is 23.7 Å². The maximum absolute atomic E-state index is 13.7. The van der Waals surface area contributed by atoms with Crippen molar-refractivity contribution in [1.29, 1.82) is 0 Å². The number of rotatable bonds is 8. The number of carbonyl (C=O) groups excluding carboxylic acids is 1. The van der Waals surface area contributed by atoms with E-state index in [4.69, 9.17) is 4.74 Å². The summed E-state index contributed by atoms with van der Waals surface area (Å²) in [5.74, 6) is -2.49. The molecule has 0 amide bonds. The van der Waals surface area contributed by atoms with Gasteiger partial charge in [0.25, 0.3) is 0 Å². The molecule has 2 atom stereocenters. The molecular formula is C16H22F4O2S. The van der Waals surface area contributed by atoms with Gasteiger partial charge in [0, 0.05) is 0 Å². The van der Waals surface area contributed by atoms with E-state index in [0.29, 0.717) is 11.3 Å². The first kappa shape index (κ1) is 19.9. The lowest BCUT2D eigenvalue weighted by atomic mass is 9.85. The smallest absolute Gasteiger partial charge is 0.394 e. The zero-order chi connectivity index (χ0) is 17.7. The van der Waals surface area contributed by atoms with Crippen LogP contribution in [0.4, 0.5) is 17.6 Å². The van der Waals surface area contributed by atoms with Gasteiger partial charge in [-0.05, 0) is 50.5 Å². The van der Waals surface area contributed by atoms with Crippen LogP contribution < -0.4 is 0 Å². The Labute approximate surface area is 137 Å². The van der Waals surface area contributed by atoms with E-state index in [1.54, 1.807) is 24.4 Å². The van der Waals surface area contributed by atoms with Crippen LogP contribution in [-0.4, -0.2) is 24.4 Å². The first-order chi connectivity index (χ1) is 10.5. The third-order valence-electron chi connectivity index (χ3n) is 3.74. The Kier molecular flexibility index (Phi) is 7.04. The Morgan fingerprint density at radius 1 is 1.22 bits per heavy atom. The normalized spacial score (nSPS) is 15.3. The van der Waals surface area contributed by atoms with Crippen molar-refractivity contribution >= 4 is 17.3 Å². The Morgan fingerprint density at radius 3 is 2.35 bits per heavy atom. The minimum Gasteiger partial charge on any atom is -0.461 e. The molecule has 0 aromatic carbocycles. The van der Waals surface area contributed by atoms with Crippen LogP contribution in [0, 0.1) is 11.8 Å². The third kappa shape index (κ3) is 6.89. The van der Waals surface area contributed by atoms with E-state index in [2.05, 4.69) is 0 Å². The van der Waals surface area contributed by atoms with E-state index in [1.807, 2.05) is 0 Å². The van der Waals surface area contributed by atoms with Crippen LogP contribution in [0.2, 0.25) is 0 Å². The zero-order valence-electron chi connectivity index (χ0n) is 13.5. The highest BCUT2D eigenvalue weighted by Gasteiger charge is 2.48. The van der Waals surface area contributed by atoms with E-state index in [9.17, 15) is 22.4 Å². The molecule has 0 bridgehead atoms. The lowest BCUT2D eigenvalue weighted by Gasteiger charge is -2.29. The molecule has 0 saturated carbocycles. The number of halogens is 4. The molecule has 132 valence electrons. The monoisotopic (exact) mass is 354 g/mol. The van der Waals surface area contributed by atoms with Gasteiger partial charge in [-0.2, -0.15) is 13.2 Å². The average molecular weight is 354 g/mol. The minimum absolute atomic E-state index is 0.0849. The quantitative estimate of drug-likeness (QED) is 0.446. The van der Waals surface area contributed by atoms with E-state index >= 15 is 0 Å². The van der Waals surface area contributed by atoms with Crippen LogP contribution in [0.5, 0.6) is 0 Å². The van der Waals surface area contributed by atoms with Gasteiger partial charge in [0.1, 0.15) is 10.5 Å². The van der Waals surface area contributed by atoms with Gasteiger partial charge >= 0.3 is 12.1 Å². The van der Waals surface area contributed by atoms with E-state index in [0.717, 1.165) is 13.8 Å². The summed E-state index contributed by atoms with van der Waals surface area (Å²) in [5, 5.41) is 1.76. The minimum atomic E-state index is -4.55. The van der Waals surface area contributed by atoms with Gasteiger partial charge in [-0.1, -0.05) is 13.0 Å². The number of ether oxygens (including phenoxy) is 1. The van der Waals surface area contributed by atoms with Crippen molar-refractivity contribution in [2.45, 2.75) is 51.9 Å². The summed E-state index contributed by atoms with van der Waals surface area (Å²) >= 11 is 1.27. The molecule has 1 rings (SSSR count). The van der Waals surface area contributed by atoms with Crippen LogP contribution in [0.15, 0.2) is 17.5 Å². The molecule has 0 aliphatic carbocycles. The molecule has 1 aromatic rings. The van der Waals surface area contributed by atoms with Gasteiger partial charge in [-0.25, -0.2) is 9.18 Å². The second-order valence-electron chi connectivity index (χ2n) is 6.24. The standard InChI is InChI=1S/C16H22F4O2S/c1-11(6-7-13(15(2,3)17)16(18,19)20)8-9-22-14(21)12-5-4-10-23-12/h4-5,10-11,13H,6-9H2,1-3H3. The Balaban J connectivity index is 2.35. The molecule has 1 aromatic heterocycles. The Bertz CT molecular complexity index is 463. The Morgan fingerprint density at radius 2 is 1.87 bits per heavy atom. The number of hydrogen-bond acceptors (Lipinski definition) is 3. The SMILES string of the molecule is CC(CCOC(=O)c1cccs1)CCC(C(C)(C)F)C(F)(F)F. The summed E-state index contributed by atoms with van der Waals surface area (Å²) in [6.07, 6.45) is -4.14. The molecule has 0 spiro atoms. The zero-order valence-corrected chi connectivity index (χ0v) is 14.3. The molecule has 23 heavy (non-hydrogen) atoms. The summed E-state index contributed by atoms with van der Waals surface area (Å²) in [6, 6.07) is 3.38. The van der Waals surface area contributed by atoms with Gasteiger partial charge in [-0.15, -0.1) is 11.3 Å². The number of carbonyl (C=O) groups is 1. The summed E-state index contributed by atoms with van der Waals surface area (Å²) in [5.41, 5.74) is -2.30. The van der Waals surface area contributed by atoms with Gasteiger partial charge in [0.2, 0.25) is 0 Å². The Hall–Kier alpha value is -1.11. The maximum atomic E-state index is 13.7. The van der Waals surface area contributed by atoms with Crippen molar-refractivity contribution in [2.24, 2.45) is 11.8 Å². The highest BCUT2D eigenvalue weighted by Crippen LogP contribution is 2.40. The molecule has 2 nitrogen and oxygen atoms in total. The van der Waals surface area contributed by atoms with Crippen LogP contribution in [0.3, 0.4) is 0 Å². The predicted molar refractivity (Wildman–Crippen MR) is 82.3 cm³/mol. The third-order valence-corrected chi connectivity index (χ3v) is 4.59. The number of esters is 1. The predicted octanol–water partition coefficient (Wildman–Crippen LogP) is 5.64. The molecule has 0 aliphatic rings. The van der Waals surface area contributed by atoms with Crippen molar-refractivity contribution in [2.75, 3.05) is 6.61 Å². The van der Waals surface area contributed by atoms with Crippen LogP contribution in [0.25, 0.3) is 0 Å². The summed E-state index contributed by atoms with van der Waals surface area (Å²) in [4.78, 5) is 12.1. The summed E-state index contributed by atoms with van der Waals surface area (Å²) in [7, 11) is 0. The average Bonchev–Trinajstić information content (AvgIpc) is 2.89. The molecule has 1 heterocycles. The van der Waals surface area contributed by atoms with Gasteiger partial charge in [0.15, 0.2) is 0 Å². The molecule has 0 fully saturated rings. The highest BCUT2D eigenvalue weighted by molar-refractivity contribution is 7.11. The number of alkyl halides is 4. The van der Waals surface area contributed by atoms with Gasteiger partial charge in [-0.3, -0.25) is 0 Å². The fourth-order valence-electron chi connectivity index (χ4n) is 2.31. The van der Waals surface area contributed by atoms with Crippen molar-refractivity contribution in [1.82, 2.24) is 0 Å². The molecule has 0 radical (unpaired) electrons. The van der Waals surface area contributed by atoms with E-state index in [1.165, 1.54) is 11.3 Å². The molecule has 0 saturated heterocycles. The summed E-state index contributed by atoms with van der Waals surface area (Å²) < 4.78 is 57.4. The van der Waals surface area contributed by atoms with Crippen LogP contribution in [0.1, 0.15) is 49.7 Å². The topological polar surface area (TPSA) is 26.3 Å². The summed E-state index contributed by atoms with van der Waals surface area (Å²) in [6.45, 7) is 3.84. The highest BCUT2D eigenvalue weighted by atomic mass is 32.1. The van der Waals surface area contributed by atoms with Crippen molar-refractivity contribution in [3.05, 3.63) is 22.4 Å². The number of hydrogen-bond donors (Lipinski definition) is 0. The molecule has 2 unspecified atom stereocenters. The first-order valence-electron chi connectivity index (χ1n) is 7.48. The lowest BCUT2D eigenvalue weighted by Crippen LogP contribution is -2.38. The van der Waals surface area contributed by atoms with Crippen molar-refractivity contribution in [3.8, 4) is 0 Å². The molecular weight excluding hydrogens is 332 g/mol. The fraction of sp³-hybridized carbons (Fsp3) is 0.688. The lowest BCUT2D eigenvalue weighted by molar-refractivity contribution is -0.208. The largest absolute Gasteiger partial charge is 0.461 e. The fourth-order valence-corrected chi connectivity index (χ4v) is 2.93. The number of thiophene rings is 1. The van der Waals surface area contributed by atoms with Crippen molar-refractivity contribution < 1.29 is 27.1 Å². The molecule has 0 aliphatic heterocycles. The maximum Gasteiger partial charge on any atom is 0.394 e. The van der Waals surface area contributed by atoms with E-state index in [-0.39, 0.29) is 25.4 Å². The van der Waals surface area contributed by atoms with Gasteiger partial charge < -0.3 is 4.74 Å². The van der Waals surface area contributed by atoms with Gasteiger partial charge in [0.05, 0.1) is 12.5 Å². The second kappa shape index (κ2) is 8.13. The van der Waals surface area contributed by atoms with Crippen LogP contribution in [-0.2, 0) is 4.74 Å². The molecule has 0 N–H and O–H groups in total. The van der Waals surface area contributed by atoms with Crippen molar-refractivity contribution in [3.63, 3.8) is 0 Å². The first-order valence-corrected chi connectivity index (χ1v) is 8.36. The van der Waals surface area contributed by atoms with Crippen LogP contribution >= 0.6 is 11.3 Å². The molecule has 7 heteroatoms. The second-order valence-corrected chi connectivity index (χ2v) is 7.19.